The zero-order chi connectivity index (χ0) is 13.0. The number of hydrogen-bond donors (Lipinski definition) is 1. The summed E-state index contributed by atoms with van der Waals surface area (Å²) in [5, 5.41) is 11.6. The van der Waals surface area contributed by atoms with Crippen LogP contribution in [-0.4, -0.2) is 11.3 Å². The monoisotopic (exact) mass is 241 g/mol. The first kappa shape index (κ1) is 11.7. The van der Waals surface area contributed by atoms with Gasteiger partial charge in [0.25, 0.3) is 0 Å². The second-order valence-corrected chi connectivity index (χ2v) is 3.49. The molecule has 18 heavy (non-hydrogen) atoms. The predicted molar refractivity (Wildman–Crippen MR) is 64.0 cm³/mol. The molecule has 1 aromatic carbocycles. The van der Waals surface area contributed by atoms with Gasteiger partial charge in [-0.1, -0.05) is 0 Å². The quantitative estimate of drug-likeness (QED) is 0.839. The van der Waals surface area contributed by atoms with Crippen molar-refractivity contribution in [3.05, 3.63) is 53.5 Å². The van der Waals surface area contributed by atoms with Crippen LogP contribution in [0.2, 0.25) is 0 Å². The Morgan fingerprint density at radius 3 is 2.94 bits per heavy atom. The summed E-state index contributed by atoms with van der Waals surface area (Å²) in [6, 6.07) is 9.01. The zero-order valence-corrected chi connectivity index (χ0v) is 9.22. The van der Waals surface area contributed by atoms with Gasteiger partial charge in [-0.2, -0.15) is 5.26 Å². The number of carbonyl (C=O) groups is 1. The highest BCUT2D eigenvalue weighted by atomic mass is 19.1. The standard InChI is InChI=1S/C13H8FN3O/c14-12-4-3-11(6-10(12)7-15)17-13-9(8-18)2-1-5-16-13/h1-6,8H,(H,16,17). The molecule has 0 radical (unpaired) electrons. The molecular weight excluding hydrogens is 233 g/mol. The average Bonchev–Trinajstić information content (AvgIpc) is 2.41. The summed E-state index contributed by atoms with van der Waals surface area (Å²) in [4.78, 5) is 14.8. The van der Waals surface area contributed by atoms with E-state index >= 15 is 0 Å². The van der Waals surface area contributed by atoms with Crippen LogP contribution < -0.4 is 5.32 Å². The van der Waals surface area contributed by atoms with E-state index < -0.39 is 5.82 Å². The summed E-state index contributed by atoms with van der Waals surface area (Å²) in [6.45, 7) is 0. The van der Waals surface area contributed by atoms with Crippen LogP contribution in [0.15, 0.2) is 36.5 Å². The molecule has 88 valence electrons. The van der Waals surface area contributed by atoms with Crippen LogP contribution in [0.3, 0.4) is 0 Å². The molecule has 2 aromatic rings. The van der Waals surface area contributed by atoms with Gasteiger partial charge >= 0.3 is 0 Å². The van der Waals surface area contributed by atoms with Gasteiger partial charge in [0.1, 0.15) is 17.7 Å². The number of halogens is 1. The SMILES string of the molecule is N#Cc1cc(Nc2ncccc2C=O)ccc1F. The number of aromatic nitrogens is 1. The van der Waals surface area contributed by atoms with Crippen LogP contribution in [-0.2, 0) is 0 Å². The molecule has 4 nitrogen and oxygen atoms in total. The maximum absolute atomic E-state index is 13.1. The molecule has 0 atom stereocenters. The molecule has 1 aromatic heterocycles. The molecule has 0 spiro atoms. The summed E-state index contributed by atoms with van der Waals surface area (Å²) in [5.41, 5.74) is 0.818. The number of nitrogens with zero attached hydrogens (tertiary/aromatic N) is 2. The second-order valence-electron chi connectivity index (χ2n) is 3.49. The van der Waals surface area contributed by atoms with Crippen LogP contribution in [0.5, 0.6) is 0 Å². The average molecular weight is 241 g/mol. The van der Waals surface area contributed by atoms with Crippen molar-refractivity contribution in [2.24, 2.45) is 0 Å². The van der Waals surface area contributed by atoms with Gasteiger partial charge < -0.3 is 5.32 Å². The van der Waals surface area contributed by atoms with Gasteiger partial charge in [0.05, 0.1) is 11.1 Å². The fourth-order valence-electron chi connectivity index (χ4n) is 1.44. The van der Waals surface area contributed by atoms with E-state index in [9.17, 15) is 9.18 Å². The summed E-state index contributed by atoms with van der Waals surface area (Å²) in [5.74, 6) is -0.220. The lowest BCUT2D eigenvalue weighted by Crippen LogP contribution is -1.98. The molecule has 0 unspecified atom stereocenters. The third-order valence-electron chi connectivity index (χ3n) is 2.32. The minimum atomic E-state index is -0.584. The predicted octanol–water partition coefficient (Wildman–Crippen LogP) is 2.65. The van der Waals surface area contributed by atoms with E-state index in [2.05, 4.69) is 10.3 Å². The Morgan fingerprint density at radius 1 is 1.39 bits per heavy atom. The molecule has 2 rings (SSSR count). The van der Waals surface area contributed by atoms with E-state index in [0.29, 0.717) is 23.4 Å². The Hall–Kier alpha value is -2.74. The number of nitrogens with one attached hydrogen (secondary N) is 1. The van der Waals surface area contributed by atoms with E-state index in [-0.39, 0.29) is 5.56 Å². The lowest BCUT2D eigenvalue weighted by atomic mass is 10.2. The van der Waals surface area contributed by atoms with Crippen molar-refractivity contribution in [3.63, 3.8) is 0 Å². The van der Waals surface area contributed by atoms with Gasteiger partial charge in [0.15, 0.2) is 6.29 Å². The van der Waals surface area contributed by atoms with Crippen molar-refractivity contribution in [1.82, 2.24) is 4.98 Å². The fourth-order valence-corrected chi connectivity index (χ4v) is 1.44. The fraction of sp³-hybridized carbons (Fsp3) is 0. The third kappa shape index (κ3) is 2.33. The van der Waals surface area contributed by atoms with E-state index in [0.717, 1.165) is 0 Å². The first-order valence-corrected chi connectivity index (χ1v) is 5.11. The van der Waals surface area contributed by atoms with Gasteiger partial charge in [-0.15, -0.1) is 0 Å². The lowest BCUT2D eigenvalue weighted by molar-refractivity contribution is 0.112. The molecule has 1 N–H and O–H groups in total. The number of benzene rings is 1. The maximum Gasteiger partial charge on any atom is 0.153 e. The van der Waals surface area contributed by atoms with E-state index in [1.165, 1.54) is 24.4 Å². The molecule has 0 aliphatic rings. The highest BCUT2D eigenvalue weighted by Crippen LogP contribution is 2.19. The zero-order valence-electron chi connectivity index (χ0n) is 9.22. The Balaban J connectivity index is 2.35. The number of rotatable bonds is 3. The Morgan fingerprint density at radius 2 is 2.22 bits per heavy atom. The van der Waals surface area contributed by atoms with Crippen LogP contribution in [0.25, 0.3) is 0 Å². The number of hydrogen-bond acceptors (Lipinski definition) is 4. The molecular formula is C13H8FN3O. The van der Waals surface area contributed by atoms with Crippen LogP contribution in [0.1, 0.15) is 15.9 Å². The van der Waals surface area contributed by atoms with Gasteiger partial charge in [-0.3, -0.25) is 4.79 Å². The van der Waals surface area contributed by atoms with Crippen molar-refractivity contribution in [2.75, 3.05) is 5.32 Å². The molecule has 0 amide bonds. The number of carbonyl (C=O) groups excluding carboxylic acids is 1. The van der Waals surface area contributed by atoms with Crippen molar-refractivity contribution >= 4 is 17.8 Å². The maximum atomic E-state index is 13.1. The molecule has 5 heteroatoms. The number of pyridine rings is 1. The minimum Gasteiger partial charge on any atom is -0.340 e. The molecule has 0 bridgehead atoms. The second kappa shape index (κ2) is 5.06. The first-order chi connectivity index (χ1) is 8.74. The van der Waals surface area contributed by atoms with Gasteiger partial charge in [-0.05, 0) is 30.3 Å². The third-order valence-corrected chi connectivity index (χ3v) is 2.32. The first-order valence-electron chi connectivity index (χ1n) is 5.11. The summed E-state index contributed by atoms with van der Waals surface area (Å²) in [7, 11) is 0. The van der Waals surface area contributed by atoms with Gasteiger partial charge in [0, 0.05) is 11.9 Å². The van der Waals surface area contributed by atoms with Crippen molar-refractivity contribution < 1.29 is 9.18 Å². The summed E-state index contributed by atoms with van der Waals surface area (Å²) < 4.78 is 13.1. The Bertz CT molecular complexity index is 634. The molecule has 0 saturated carbocycles. The molecule has 0 aliphatic heterocycles. The van der Waals surface area contributed by atoms with Crippen LogP contribution in [0.4, 0.5) is 15.9 Å². The summed E-state index contributed by atoms with van der Waals surface area (Å²) >= 11 is 0. The van der Waals surface area contributed by atoms with Crippen LogP contribution in [0, 0.1) is 17.1 Å². The highest BCUT2D eigenvalue weighted by molar-refractivity contribution is 5.84. The topological polar surface area (TPSA) is 65.8 Å². The number of anilines is 2. The van der Waals surface area contributed by atoms with Gasteiger partial charge in [-0.25, -0.2) is 9.37 Å². The van der Waals surface area contributed by atoms with Crippen LogP contribution >= 0.6 is 0 Å². The number of aldehydes is 1. The van der Waals surface area contributed by atoms with Gasteiger partial charge in [0.2, 0.25) is 0 Å². The normalized spacial score (nSPS) is 9.56. The molecule has 1 heterocycles. The van der Waals surface area contributed by atoms with Crippen molar-refractivity contribution in [3.8, 4) is 6.07 Å². The summed E-state index contributed by atoms with van der Waals surface area (Å²) in [6.07, 6.45) is 2.20. The van der Waals surface area contributed by atoms with E-state index in [1.807, 2.05) is 0 Å². The van der Waals surface area contributed by atoms with E-state index in [4.69, 9.17) is 5.26 Å². The molecule has 0 fully saturated rings. The van der Waals surface area contributed by atoms with E-state index in [1.54, 1.807) is 18.2 Å². The molecule has 0 aliphatic carbocycles. The largest absolute Gasteiger partial charge is 0.340 e. The lowest BCUT2D eigenvalue weighted by Gasteiger charge is -2.07. The molecule has 0 saturated heterocycles. The Labute approximate surface area is 103 Å². The Kier molecular flexibility index (Phi) is 3.30. The number of nitriles is 1. The highest BCUT2D eigenvalue weighted by Gasteiger charge is 2.05. The van der Waals surface area contributed by atoms with Crippen molar-refractivity contribution in [2.45, 2.75) is 0 Å². The smallest absolute Gasteiger partial charge is 0.153 e. The van der Waals surface area contributed by atoms with Crippen molar-refractivity contribution in [1.29, 1.82) is 5.26 Å². The minimum absolute atomic E-state index is 0.0661.